The molecule has 1 aromatic carbocycles. The number of aliphatic hydroxyl groups is 1. The molecule has 0 aromatic heterocycles. The van der Waals surface area contributed by atoms with Crippen LogP contribution in [0.25, 0.3) is 0 Å². The van der Waals surface area contributed by atoms with Crippen molar-refractivity contribution in [3.05, 3.63) is 35.1 Å². The Labute approximate surface area is 84.5 Å². The summed E-state index contributed by atoms with van der Waals surface area (Å²) in [6.45, 7) is 0. The number of aliphatic hydroxyl groups excluding tert-OH is 1. The van der Waals surface area contributed by atoms with E-state index >= 15 is 0 Å². The molecule has 0 spiro atoms. The van der Waals surface area contributed by atoms with Crippen LogP contribution in [0.5, 0.6) is 0 Å². The minimum atomic E-state index is -1.28. The molecule has 1 fully saturated rings. The number of nitrogens with two attached hydrogens (primary N) is 1. The van der Waals surface area contributed by atoms with E-state index in [-0.39, 0.29) is 12.8 Å². The molecule has 5 heteroatoms. The predicted octanol–water partition coefficient (Wildman–Crippen LogP) is 1.41. The molecule has 0 atom stereocenters. The number of halogens is 3. The summed E-state index contributed by atoms with van der Waals surface area (Å²) < 4.78 is 39.5. The van der Waals surface area contributed by atoms with Gasteiger partial charge in [0, 0.05) is 5.56 Å². The second kappa shape index (κ2) is 3.21. The van der Waals surface area contributed by atoms with Crippen LogP contribution in [0.15, 0.2) is 12.1 Å². The molecule has 2 nitrogen and oxygen atoms in total. The van der Waals surface area contributed by atoms with Gasteiger partial charge in [-0.05, 0) is 25.0 Å². The maximum absolute atomic E-state index is 13.3. The number of hydrogen-bond donors (Lipinski definition) is 2. The van der Waals surface area contributed by atoms with Crippen LogP contribution in [0.2, 0.25) is 0 Å². The first-order valence-electron chi connectivity index (χ1n) is 4.55. The van der Waals surface area contributed by atoms with E-state index in [4.69, 9.17) is 10.8 Å². The summed E-state index contributed by atoms with van der Waals surface area (Å²) in [5, 5.41) is 9.08. The van der Waals surface area contributed by atoms with Crippen molar-refractivity contribution >= 4 is 0 Å². The average molecular weight is 217 g/mol. The van der Waals surface area contributed by atoms with Crippen LogP contribution in [0.4, 0.5) is 13.2 Å². The van der Waals surface area contributed by atoms with Gasteiger partial charge in [0.15, 0.2) is 11.6 Å². The van der Waals surface area contributed by atoms with Gasteiger partial charge in [-0.2, -0.15) is 0 Å². The average Bonchev–Trinajstić information content (AvgIpc) is 2.10. The summed E-state index contributed by atoms with van der Waals surface area (Å²) in [5.41, 5.74) is 3.93. The molecule has 0 amide bonds. The lowest BCUT2D eigenvalue weighted by Crippen LogP contribution is -2.52. The van der Waals surface area contributed by atoms with Gasteiger partial charge in [-0.3, -0.25) is 0 Å². The van der Waals surface area contributed by atoms with E-state index in [9.17, 15) is 13.2 Å². The first kappa shape index (κ1) is 10.4. The van der Waals surface area contributed by atoms with Crippen molar-refractivity contribution in [2.45, 2.75) is 24.5 Å². The smallest absolute Gasteiger partial charge is 0.166 e. The Hall–Kier alpha value is -1.07. The van der Waals surface area contributed by atoms with Crippen LogP contribution in [0.3, 0.4) is 0 Å². The fourth-order valence-corrected chi connectivity index (χ4v) is 1.97. The van der Waals surface area contributed by atoms with Crippen LogP contribution in [-0.4, -0.2) is 11.2 Å². The van der Waals surface area contributed by atoms with Crippen molar-refractivity contribution in [1.29, 1.82) is 0 Å². The molecule has 0 aliphatic heterocycles. The highest BCUT2D eigenvalue weighted by atomic mass is 19.2. The van der Waals surface area contributed by atoms with Crippen LogP contribution < -0.4 is 5.73 Å². The predicted molar refractivity (Wildman–Crippen MR) is 47.4 cm³/mol. The quantitative estimate of drug-likeness (QED) is 0.699. The molecule has 0 bridgehead atoms. The van der Waals surface area contributed by atoms with Crippen LogP contribution >= 0.6 is 0 Å². The maximum atomic E-state index is 13.3. The summed E-state index contributed by atoms with van der Waals surface area (Å²) in [4.78, 5) is 0. The lowest BCUT2D eigenvalue weighted by atomic mass is 9.70. The molecular weight excluding hydrogens is 207 g/mol. The van der Waals surface area contributed by atoms with Gasteiger partial charge in [0.05, 0.1) is 11.6 Å². The molecular formula is C10H10F3NO. The number of rotatable bonds is 1. The minimum absolute atomic E-state index is 0.0459. The van der Waals surface area contributed by atoms with Crippen molar-refractivity contribution in [3.63, 3.8) is 0 Å². The van der Waals surface area contributed by atoms with Gasteiger partial charge < -0.3 is 10.8 Å². The molecule has 1 saturated carbocycles. The summed E-state index contributed by atoms with van der Waals surface area (Å²) in [6, 6.07) is 1.56. The van der Waals surface area contributed by atoms with Crippen molar-refractivity contribution in [2.24, 2.45) is 5.73 Å². The van der Waals surface area contributed by atoms with E-state index in [0.29, 0.717) is 6.07 Å². The molecule has 82 valence electrons. The van der Waals surface area contributed by atoms with Crippen molar-refractivity contribution in [2.75, 3.05) is 0 Å². The third-order valence-electron chi connectivity index (χ3n) is 2.74. The standard InChI is InChI=1S/C10H10F3NO/c11-6-1-2-7(12)9(13)8(6)10(14)3-5(15)4-10/h1-2,5,15H,3-4,14H2. The van der Waals surface area contributed by atoms with Gasteiger partial charge in [0.1, 0.15) is 5.82 Å². The molecule has 1 aromatic rings. The largest absolute Gasteiger partial charge is 0.393 e. The normalized spacial score (nSPS) is 30.1. The lowest BCUT2D eigenvalue weighted by molar-refractivity contribution is 0.0171. The molecule has 0 heterocycles. The van der Waals surface area contributed by atoms with Crippen LogP contribution in [-0.2, 0) is 5.54 Å². The van der Waals surface area contributed by atoms with Crippen molar-refractivity contribution in [1.82, 2.24) is 0 Å². The Morgan fingerprint density at radius 3 is 2.27 bits per heavy atom. The monoisotopic (exact) mass is 217 g/mol. The second-order valence-electron chi connectivity index (χ2n) is 3.94. The number of benzene rings is 1. The zero-order chi connectivity index (χ0) is 11.2. The van der Waals surface area contributed by atoms with E-state index in [1.54, 1.807) is 0 Å². The van der Waals surface area contributed by atoms with Gasteiger partial charge >= 0.3 is 0 Å². The highest BCUT2D eigenvalue weighted by Gasteiger charge is 2.45. The van der Waals surface area contributed by atoms with E-state index in [2.05, 4.69) is 0 Å². The molecule has 2 rings (SSSR count). The Morgan fingerprint density at radius 2 is 1.73 bits per heavy atom. The maximum Gasteiger partial charge on any atom is 0.166 e. The third kappa shape index (κ3) is 1.52. The Bertz CT molecular complexity index is 402. The first-order chi connectivity index (χ1) is 6.94. The molecule has 0 unspecified atom stereocenters. The molecule has 0 radical (unpaired) electrons. The molecule has 1 aliphatic carbocycles. The van der Waals surface area contributed by atoms with Gasteiger partial charge in [-0.15, -0.1) is 0 Å². The summed E-state index contributed by atoms with van der Waals surface area (Å²) >= 11 is 0. The van der Waals surface area contributed by atoms with Crippen molar-refractivity contribution in [3.8, 4) is 0 Å². The fraction of sp³-hybridized carbons (Fsp3) is 0.400. The minimum Gasteiger partial charge on any atom is -0.393 e. The van der Waals surface area contributed by atoms with E-state index < -0.39 is 34.7 Å². The fourth-order valence-electron chi connectivity index (χ4n) is 1.97. The Kier molecular flexibility index (Phi) is 2.24. The summed E-state index contributed by atoms with van der Waals surface area (Å²) in [6.07, 6.45) is -0.578. The van der Waals surface area contributed by atoms with Gasteiger partial charge in [-0.25, -0.2) is 13.2 Å². The Morgan fingerprint density at radius 1 is 1.20 bits per heavy atom. The highest BCUT2D eigenvalue weighted by molar-refractivity contribution is 5.31. The lowest BCUT2D eigenvalue weighted by Gasteiger charge is -2.42. The zero-order valence-corrected chi connectivity index (χ0v) is 7.80. The second-order valence-corrected chi connectivity index (χ2v) is 3.94. The summed E-state index contributed by atoms with van der Waals surface area (Å²) in [7, 11) is 0. The third-order valence-corrected chi connectivity index (χ3v) is 2.74. The van der Waals surface area contributed by atoms with Gasteiger partial charge in [0.2, 0.25) is 0 Å². The molecule has 3 N–H and O–H groups in total. The molecule has 15 heavy (non-hydrogen) atoms. The van der Waals surface area contributed by atoms with Crippen LogP contribution in [0.1, 0.15) is 18.4 Å². The van der Waals surface area contributed by atoms with Crippen molar-refractivity contribution < 1.29 is 18.3 Å². The summed E-state index contributed by atoms with van der Waals surface area (Å²) in [5.74, 6) is -3.26. The van der Waals surface area contributed by atoms with E-state index in [1.807, 2.05) is 0 Å². The van der Waals surface area contributed by atoms with E-state index in [1.165, 1.54) is 0 Å². The topological polar surface area (TPSA) is 46.2 Å². The Balaban J connectivity index is 2.48. The molecule has 0 saturated heterocycles. The molecule has 1 aliphatic rings. The first-order valence-corrected chi connectivity index (χ1v) is 4.55. The zero-order valence-electron chi connectivity index (χ0n) is 7.80. The number of hydrogen-bond acceptors (Lipinski definition) is 2. The van der Waals surface area contributed by atoms with Gasteiger partial charge in [0.25, 0.3) is 0 Å². The highest BCUT2D eigenvalue weighted by Crippen LogP contribution is 2.41. The van der Waals surface area contributed by atoms with Crippen LogP contribution in [0, 0.1) is 17.5 Å². The van der Waals surface area contributed by atoms with Gasteiger partial charge in [-0.1, -0.05) is 0 Å². The van der Waals surface area contributed by atoms with E-state index in [0.717, 1.165) is 6.07 Å². The SMILES string of the molecule is NC1(c2c(F)ccc(F)c2F)CC(O)C1.